The van der Waals surface area contributed by atoms with Crippen molar-refractivity contribution in [2.45, 2.75) is 4.90 Å². The van der Waals surface area contributed by atoms with E-state index in [-0.39, 0.29) is 4.90 Å². The third kappa shape index (κ3) is 1.94. The highest BCUT2D eigenvalue weighted by Gasteiger charge is 2.41. The molecule has 3 rings (SSSR count). The summed E-state index contributed by atoms with van der Waals surface area (Å²) in [6.45, 7) is 2.91. The van der Waals surface area contributed by atoms with Crippen LogP contribution in [0.25, 0.3) is 0 Å². The van der Waals surface area contributed by atoms with Gasteiger partial charge in [0.1, 0.15) is 5.82 Å². The quantitative estimate of drug-likeness (QED) is 0.859. The first-order valence-corrected chi connectivity index (χ1v) is 7.48. The summed E-state index contributed by atoms with van der Waals surface area (Å²) in [5.74, 6) is 0.414. The highest BCUT2D eigenvalue weighted by molar-refractivity contribution is 7.89. The molecule has 1 aromatic rings. The van der Waals surface area contributed by atoms with E-state index in [0.29, 0.717) is 24.9 Å². The van der Waals surface area contributed by atoms with Crippen LogP contribution in [0.3, 0.4) is 0 Å². The molecule has 0 spiro atoms. The van der Waals surface area contributed by atoms with Gasteiger partial charge in [-0.3, -0.25) is 0 Å². The van der Waals surface area contributed by atoms with Crippen LogP contribution in [0, 0.1) is 17.7 Å². The van der Waals surface area contributed by atoms with Crippen LogP contribution in [0.1, 0.15) is 0 Å². The topological polar surface area (TPSA) is 49.4 Å². The molecule has 1 N–H and O–H groups in total. The molecule has 6 heteroatoms. The van der Waals surface area contributed by atoms with E-state index >= 15 is 0 Å². The van der Waals surface area contributed by atoms with Crippen molar-refractivity contribution in [1.82, 2.24) is 9.62 Å². The van der Waals surface area contributed by atoms with E-state index in [2.05, 4.69) is 5.32 Å². The lowest BCUT2D eigenvalue weighted by Gasteiger charge is -2.17. The zero-order valence-corrected chi connectivity index (χ0v) is 10.7. The molecule has 2 aliphatic heterocycles. The molecule has 2 atom stereocenters. The number of hydrogen-bond donors (Lipinski definition) is 1. The first kappa shape index (κ1) is 12.1. The Kier molecular flexibility index (Phi) is 2.88. The maximum absolute atomic E-state index is 12.8. The van der Waals surface area contributed by atoms with Crippen molar-refractivity contribution in [3.8, 4) is 0 Å². The Morgan fingerprint density at radius 3 is 2.22 bits per heavy atom. The van der Waals surface area contributed by atoms with Crippen molar-refractivity contribution in [2.75, 3.05) is 26.2 Å². The lowest BCUT2D eigenvalue weighted by atomic mass is 10.0. The summed E-state index contributed by atoms with van der Waals surface area (Å²) >= 11 is 0. The molecule has 0 aliphatic carbocycles. The fourth-order valence-corrected chi connectivity index (χ4v) is 4.32. The monoisotopic (exact) mass is 270 g/mol. The van der Waals surface area contributed by atoms with Crippen LogP contribution in [0.4, 0.5) is 4.39 Å². The number of sulfonamides is 1. The average Bonchev–Trinajstić information content (AvgIpc) is 2.89. The molecule has 2 unspecified atom stereocenters. The van der Waals surface area contributed by atoms with Crippen molar-refractivity contribution in [3.63, 3.8) is 0 Å². The van der Waals surface area contributed by atoms with Gasteiger partial charge in [-0.25, -0.2) is 12.8 Å². The fraction of sp³-hybridized carbons (Fsp3) is 0.500. The van der Waals surface area contributed by atoms with Crippen LogP contribution in [0.2, 0.25) is 0 Å². The average molecular weight is 270 g/mol. The second-order valence-corrected chi connectivity index (χ2v) is 6.89. The van der Waals surface area contributed by atoms with E-state index in [9.17, 15) is 12.8 Å². The van der Waals surface area contributed by atoms with Gasteiger partial charge in [0.2, 0.25) is 10.0 Å². The van der Waals surface area contributed by atoms with E-state index in [1.54, 1.807) is 0 Å². The van der Waals surface area contributed by atoms with Gasteiger partial charge >= 0.3 is 0 Å². The van der Waals surface area contributed by atoms with Gasteiger partial charge in [0.25, 0.3) is 0 Å². The molecule has 2 saturated heterocycles. The van der Waals surface area contributed by atoms with Crippen LogP contribution in [0.15, 0.2) is 29.2 Å². The first-order chi connectivity index (χ1) is 8.57. The molecule has 0 bridgehead atoms. The minimum Gasteiger partial charge on any atom is -0.316 e. The maximum atomic E-state index is 12.8. The summed E-state index contributed by atoms with van der Waals surface area (Å²) in [6, 6.07) is 5.03. The van der Waals surface area contributed by atoms with Crippen LogP contribution in [-0.2, 0) is 10.0 Å². The normalized spacial score (nSPS) is 28.5. The summed E-state index contributed by atoms with van der Waals surface area (Å²) in [5.41, 5.74) is 0. The van der Waals surface area contributed by atoms with Crippen molar-refractivity contribution in [1.29, 1.82) is 0 Å². The number of benzene rings is 1. The molecule has 18 heavy (non-hydrogen) atoms. The Morgan fingerprint density at radius 2 is 1.67 bits per heavy atom. The van der Waals surface area contributed by atoms with E-state index in [4.69, 9.17) is 0 Å². The third-order valence-corrected chi connectivity index (χ3v) is 5.65. The molecule has 4 nitrogen and oxygen atoms in total. The fourth-order valence-electron chi connectivity index (χ4n) is 2.76. The molecular formula is C12H15FN2O2S. The molecular weight excluding hydrogens is 255 g/mol. The van der Waals surface area contributed by atoms with Gasteiger partial charge in [-0.2, -0.15) is 4.31 Å². The predicted molar refractivity (Wildman–Crippen MR) is 65.0 cm³/mol. The van der Waals surface area contributed by atoms with Crippen molar-refractivity contribution < 1.29 is 12.8 Å². The van der Waals surface area contributed by atoms with Gasteiger partial charge in [0.15, 0.2) is 0 Å². The lowest BCUT2D eigenvalue weighted by molar-refractivity contribution is 0.448. The minimum absolute atomic E-state index is 0.178. The maximum Gasteiger partial charge on any atom is 0.243 e. The second kappa shape index (κ2) is 4.29. The largest absolute Gasteiger partial charge is 0.316 e. The summed E-state index contributed by atoms with van der Waals surface area (Å²) in [5, 5.41) is 3.27. The van der Waals surface area contributed by atoms with Crippen molar-refractivity contribution >= 4 is 10.0 Å². The Bertz CT molecular complexity index is 532. The standard InChI is InChI=1S/C12H15FN2O2S/c13-11-1-3-12(4-2-11)18(16,17)15-7-9-5-14-6-10(9)8-15/h1-4,9-10,14H,5-8H2. The first-order valence-electron chi connectivity index (χ1n) is 6.04. The Balaban J connectivity index is 1.85. The van der Waals surface area contributed by atoms with E-state index in [0.717, 1.165) is 13.1 Å². The molecule has 2 fully saturated rings. The molecule has 0 aromatic heterocycles. The van der Waals surface area contributed by atoms with Gasteiger partial charge in [-0.1, -0.05) is 0 Å². The second-order valence-electron chi connectivity index (χ2n) is 4.95. The summed E-state index contributed by atoms with van der Waals surface area (Å²) in [4.78, 5) is 0.178. The van der Waals surface area contributed by atoms with Crippen molar-refractivity contribution in [3.05, 3.63) is 30.1 Å². The van der Waals surface area contributed by atoms with Crippen LogP contribution in [-0.4, -0.2) is 38.9 Å². The van der Waals surface area contributed by atoms with Gasteiger partial charge in [0, 0.05) is 13.1 Å². The summed E-state index contributed by atoms with van der Waals surface area (Å²) in [6.07, 6.45) is 0. The van der Waals surface area contributed by atoms with Gasteiger partial charge in [-0.05, 0) is 49.2 Å². The van der Waals surface area contributed by atoms with Gasteiger partial charge in [0.05, 0.1) is 4.90 Å². The number of nitrogens with one attached hydrogen (secondary N) is 1. The highest BCUT2D eigenvalue weighted by atomic mass is 32.2. The molecule has 0 radical (unpaired) electrons. The smallest absolute Gasteiger partial charge is 0.243 e. The zero-order valence-electron chi connectivity index (χ0n) is 9.84. The Hall–Kier alpha value is -0.980. The molecule has 0 saturated carbocycles. The summed E-state index contributed by atoms with van der Waals surface area (Å²) < 4.78 is 39.1. The minimum atomic E-state index is -3.46. The van der Waals surface area contributed by atoms with Gasteiger partial charge < -0.3 is 5.32 Å². The van der Waals surface area contributed by atoms with Crippen LogP contribution >= 0.6 is 0 Å². The number of hydrogen-bond acceptors (Lipinski definition) is 3. The lowest BCUT2D eigenvalue weighted by Crippen LogP contribution is -2.31. The number of rotatable bonds is 2. The highest BCUT2D eigenvalue weighted by Crippen LogP contribution is 2.30. The van der Waals surface area contributed by atoms with Crippen LogP contribution in [0.5, 0.6) is 0 Å². The predicted octanol–water partition coefficient (Wildman–Crippen LogP) is 0.666. The number of halogens is 1. The zero-order chi connectivity index (χ0) is 12.8. The molecule has 98 valence electrons. The number of fused-ring (bicyclic) bond motifs is 1. The molecule has 0 amide bonds. The van der Waals surface area contributed by atoms with Crippen LogP contribution < -0.4 is 5.32 Å². The van der Waals surface area contributed by atoms with E-state index < -0.39 is 15.8 Å². The van der Waals surface area contributed by atoms with Gasteiger partial charge in [-0.15, -0.1) is 0 Å². The van der Waals surface area contributed by atoms with E-state index in [1.807, 2.05) is 0 Å². The molecule has 2 aliphatic rings. The SMILES string of the molecule is O=S(=O)(c1ccc(F)cc1)N1CC2CNCC2C1. The molecule has 1 aromatic carbocycles. The third-order valence-electron chi connectivity index (χ3n) is 3.81. The Labute approximate surface area is 106 Å². The van der Waals surface area contributed by atoms with E-state index in [1.165, 1.54) is 28.6 Å². The Morgan fingerprint density at radius 1 is 1.11 bits per heavy atom. The molecule has 2 heterocycles. The number of nitrogens with zero attached hydrogens (tertiary/aromatic N) is 1. The van der Waals surface area contributed by atoms with Crippen molar-refractivity contribution in [2.24, 2.45) is 11.8 Å². The summed E-state index contributed by atoms with van der Waals surface area (Å²) in [7, 11) is -3.46.